The molecule has 7 heteroatoms. The van der Waals surface area contributed by atoms with E-state index < -0.39 is 5.97 Å². The Balaban J connectivity index is 2.68. The molecule has 0 saturated heterocycles. The van der Waals surface area contributed by atoms with Gasteiger partial charge in [0.15, 0.2) is 5.69 Å². The molecule has 1 aromatic carbocycles. The van der Waals surface area contributed by atoms with E-state index in [2.05, 4.69) is 4.98 Å². The number of pyridine rings is 1. The molecule has 0 saturated carbocycles. The fraction of sp³-hybridized carbons (Fsp3) is 0. The molecule has 0 unspecified atom stereocenters. The quantitative estimate of drug-likeness (QED) is 0.821. The van der Waals surface area contributed by atoms with Gasteiger partial charge in [0.05, 0.1) is 15.1 Å². The molecular weight excluding hydrogens is 311 g/mol. The summed E-state index contributed by atoms with van der Waals surface area (Å²) >= 11 is 17.7. The van der Waals surface area contributed by atoms with Gasteiger partial charge >= 0.3 is 5.97 Å². The third kappa shape index (κ3) is 2.76. The largest absolute Gasteiger partial charge is 0.476 e. The van der Waals surface area contributed by atoms with E-state index >= 15 is 0 Å². The number of aromatic nitrogens is 1. The average molecular weight is 318 g/mol. The van der Waals surface area contributed by atoms with E-state index in [1.54, 1.807) is 6.07 Å². The highest BCUT2D eigenvalue weighted by molar-refractivity contribution is 6.48. The number of nitrogens with zero attached hydrogens (tertiary/aromatic N) is 1. The number of nitrogen functional groups attached to an aromatic ring is 1. The van der Waals surface area contributed by atoms with Gasteiger partial charge < -0.3 is 10.8 Å². The summed E-state index contributed by atoms with van der Waals surface area (Å²) < 4.78 is 0. The Kier molecular flexibility index (Phi) is 3.85. The molecule has 2 rings (SSSR count). The Morgan fingerprint density at radius 2 is 1.74 bits per heavy atom. The highest BCUT2D eigenvalue weighted by atomic mass is 35.5. The number of carboxylic acid groups (broad SMARTS) is 1. The van der Waals surface area contributed by atoms with Crippen molar-refractivity contribution in [3.63, 3.8) is 0 Å². The molecule has 0 bridgehead atoms. The maximum absolute atomic E-state index is 11.2. The van der Waals surface area contributed by atoms with Gasteiger partial charge in [0.1, 0.15) is 5.82 Å². The first kappa shape index (κ1) is 13.9. The summed E-state index contributed by atoms with van der Waals surface area (Å²) in [6.45, 7) is 0. The van der Waals surface area contributed by atoms with Gasteiger partial charge in [-0.2, -0.15) is 0 Å². The van der Waals surface area contributed by atoms with Crippen molar-refractivity contribution in [2.75, 3.05) is 5.73 Å². The first-order valence-electron chi connectivity index (χ1n) is 5.05. The number of carbonyl (C=O) groups is 1. The van der Waals surface area contributed by atoms with Crippen LogP contribution in [0.1, 0.15) is 10.5 Å². The fourth-order valence-electron chi connectivity index (χ4n) is 1.58. The van der Waals surface area contributed by atoms with Crippen molar-refractivity contribution in [3.8, 4) is 11.1 Å². The maximum Gasteiger partial charge on any atom is 0.355 e. The highest BCUT2D eigenvalue weighted by Crippen LogP contribution is 2.36. The average Bonchev–Trinajstić information content (AvgIpc) is 2.35. The van der Waals surface area contributed by atoms with Gasteiger partial charge in [-0.25, -0.2) is 9.78 Å². The number of nitrogens with two attached hydrogens (primary N) is 1. The number of carboxylic acids is 1. The van der Waals surface area contributed by atoms with Crippen LogP contribution in [-0.2, 0) is 0 Å². The lowest BCUT2D eigenvalue weighted by Crippen LogP contribution is -2.05. The summed E-state index contributed by atoms with van der Waals surface area (Å²) in [6, 6.07) is 6.09. The van der Waals surface area contributed by atoms with Crippen LogP contribution in [0.15, 0.2) is 24.3 Å². The van der Waals surface area contributed by atoms with Crippen LogP contribution in [0.25, 0.3) is 11.1 Å². The third-order valence-corrected chi connectivity index (χ3v) is 3.61. The molecule has 0 aliphatic rings. The van der Waals surface area contributed by atoms with Crippen molar-refractivity contribution >= 4 is 46.6 Å². The molecule has 98 valence electrons. The number of hydrogen-bond acceptors (Lipinski definition) is 3. The summed E-state index contributed by atoms with van der Waals surface area (Å²) in [7, 11) is 0. The maximum atomic E-state index is 11.2. The van der Waals surface area contributed by atoms with E-state index in [9.17, 15) is 4.79 Å². The minimum atomic E-state index is -1.19. The molecule has 2 aromatic rings. The van der Waals surface area contributed by atoms with E-state index in [1.807, 2.05) is 0 Å². The van der Waals surface area contributed by atoms with E-state index in [4.69, 9.17) is 45.6 Å². The van der Waals surface area contributed by atoms with Crippen LogP contribution in [0.5, 0.6) is 0 Å². The number of aromatic carboxylic acids is 1. The molecule has 0 atom stereocenters. The molecular formula is C12H7Cl3N2O2. The van der Waals surface area contributed by atoms with Gasteiger partial charge in [-0.05, 0) is 29.8 Å². The Hall–Kier alpha value is -1.49. The Bertz CT molecular complexity index is 651. The fourth-order valence-corrected chi connectivity index (χ4v) is 2.18. The van der Waals surface area contributed by atoms with Crippen molar-refractivity contribution in [3.05, 3.63) is 45.0 Å². The minimum absolute atomic E-state index is 0.118. The first-order valence-corrected chi connectivity index (χ1v) is 6.18. The van der Waals surface area contributed by atoms with E-state index in [0.29, 0.717) is 11.1 Å². The molecule has 0 fully saturated rings. The van der Waals surface area contributed by atoms with E-state index in [1.165, 1.54) is 18.2 Å². The standard InChI is InChI=1S/C12H7Cl3N2O2/c13-7-3-5(4-8(14)10(7)15)6-1-2-9(16)17-11(6)12(18)19/h1-4H,(H2,16,17)(H,18,19). The van der Waals surface area contributed by atoms with Crippen LogP contribution in [0.2, 0.25) is 15.1 Å². The number of hydrogen-bond donors (Lipinski definition) is 2. The van der Waals surface area contributed by atoms with Crippen LogP contribution >= 0.6 is 34.8 Å². The van der Waals surface area contributed by atoms with Gasteiger partial charge in [0, 0.05) is 5.56 Å². The molecule has 19 heavy (non-hydrogen) atoms. The Morgan fingerprint density at radius 3 is 2.26 bits per heavy atom. The summed E-state index contributed by atoms with van der Waals surface area (Å²) in [6.07, 6.45) is 0. The molecule has 0 aliphatic carbocycles. The molecule has 0 radical (unpaired) electrons. The lowest BCUT2D eigenvalue weighted by atomic mass is 10.0. The van der Waals surface area contributed by atoms with Gasteiger partial charge in [-0.3, -0.25) is 0 Å². The summed E-state index contributed by atoms with van der Waals surface area (Å²) in [5.41, 5.74) is 6.17. The van der Waals surface area contributed by atoms with Crippen molar-refractivity contribution in [2.24, 2.45) is 0 Å². The number of rotatable bonds is 2. The summed E-state index contributed by atoms with van der Waals surface area (Å²) in [4.78, 5) is 15.0. The topological polar surface area (TPSA) is 76.2 Å². The molecule has 0 amide bonds. The van der Waals surface area contributed by atoms with Crippen molar-refractivity contribution in [2.45, 2.75) is 0 Å². The number of halogens is 3. The van der Waals surface area contributed by atoms with Crippen LogP contribution < -0.4 is 5.73 Å². The van der Waals surface area contributed by atoms with Crippen LogP contribution in [-0.4, -0.2) is 16.1 Å². The van der Waals surface area contributed by atoms with Gasteiger partial charge in [-0.1, -0.05) is 34.8 Å². The lowest BCUT2D eigenvalue weighted by molar-refractivity contribution is 0.0691. The normalized spacial score (nSPS) is 10.5. The predicted molar refractivity (Wildman–Crippen MR) is 76.1 cm³/mol. The second kappa shape index (κ2) is 5.25. The molecule has 4 nitrogen and oxygen atoms in total. The predicted octanol–water partition coefficient (Wildman–Crippen LogP) is 3.99. The van der Waals surface area contributed by atoms with Crippen LogP contribution in [0.4, 0.5) is 5.82 Å². The molecule has 1 aromatic heterocycles. The first-order chi connectivity index (χ1) is 8.90. The second-order valence-corrected chi connectivity index (χ2v) is 4.88. The zero-order chi connectivity index (χ0) is 14.2. The molecule has 3 N–H and O–H groups in total. The number of benzene rings is 1. The van der Waals surface area contributed by atoms with Crippen molar-refractivity contribution in [1.82, 2.24) is 4.98 Å². The van der Waals surface area contributed by atoms with Crippen molar-refractivity contribution < 1.29 is 9.90 Å². The second-order valence-electron chi connectivity index (χ2n) is 3.69. The molecule has 1 heterocycles. The third-order valence-electron chi connectivity index (χ3n) is 2.41. The SMILES string of the molecule is Nc1ccc(-c2cc(Cl)c(Cl)c(Cl)c2)c(C(=O)O)n1. The van der Waals surface area contributed by atoms with Gasteiger partial charge in [0.2, 0.25) is 0 Å². The van der Waals surface area contributed by atoms with Crippen LogP contribution in [0, 0.1) is 0 Å². The zero-order valence-corrected chi connectivity index (χ0v) is 11.6. The van der Waals surface area contributed by atoms with Crippen LogP contribution in [0.3, 0.4) is 0 Å². The lowest BCUT2D eigenvalue weighted by Gasteiger charge is -2.08. The van der Waals surface area contributed by atoms with Gasteiger partial charge in [-0.15, -0.1) is 0 Å². The summed E-state index contributed by atoms with van der Waals surface area (Å²) in [5.74, 6) is -1.07. The number of anilines is 1. The molecule has 0 spiro atoms. The zero-order valence-electron chi connectivity index (χ0n) is 9.32. The summed E-state index contributed by atoms with van der Waals surface area (Å²) in [5, 5.41) is 9.82. The monoisotopic (exact) mass is 316 g/mol. The van der Waals surface area contributed by atoms with Crippen molar-refractivity contribution in [1.29, 1.82) is 0 Å². The smallest absolute Gasteiger partial charge is 0.355 e. The minimum Gasteiger partial charge on any atom is -0.476 e. The van der Waals surface area contributed by atoms with Gasteiger partial charge in [0.25, 0.3) is 0 Å². The highest BCUT2D eigenvalue weighted by Gasteiger charge is 2.16. The Morgan fingerprint density at radius 1 is 1.16 bits per heavy atom. The molecule has 0 aliphatic heterocycles. The Labute approximate surface area is 123 Å². The van der Waals surface area contributed by atoms with E-state index in [0.717, 1.165) is 0 Å². The van der Waals surface area contributed by atoms with E-state index in [-0.39, 0.29) is 26.6 Å².